The zero-order valence-corrected chi connectivity index (χ0v) is 10.2. The molecule has 0 aliphatic rings. The average Bonchev–Trinajstić information content (AvgIpc) is 2.26. The molecule has 0 aliphatic carbocycles. The van der Waals surface area contributed by atoms with Gasteiger partial charge >= 0.3 is 5.63 Å². The van der Waals surface area contributed by atoms with Crippen molar-refractivity contribution in [1.29, 1.82) is 0 Å². The third-order valence-electron chi connectivity index (χ3n) is 2.68. The maximum atomic E-state index is 11.7. The van der Waals surface area contributed by atoms with Crippen molar-refractivity contribution < 1.29 is 19.1 Å². The lowest BCUT2D eigenvalue weighted by Crippen LogP contribution is -2.05. The number of rotatable bonds is 2. The van der Waals surface area contributed by atoms with Crippen molar-refractivity contribution in [3.8, 4) is 11.5 Å². The maximum Gasteiger partial charge on any atom is 0.347 e. The van der Waals surface area contributed by atoms with Crippen LogP contribution in [0.25, 0.3) is 10.8 Å². The van der Waals surface area contributed by atoms with Crippen LogP contribution >= 0.6 is 0 Å². The molecular formula is C13H12O5. The highest BCUT2D eigenvalue weighted by Gasteiger charge is 2.20. The number of aryl methyl sites for hydroxylation is 1. The van der Waals surface area contributed by atoms with E-state index in [2.05, 4.69) is 0 Å². The van der Waals surface area contributed by atoms with E-state index in [0.29, 0.717) is 11.1 Å². The monoisotopic (exact) mass is 248 g/mol. The number of ether oxygens (including phenoxy) is 1. The first kappa shape index (κ1) is 12.2. The molecule has 1 aromatic heterocycles. The summed E-state index contributed by atoms with van der Waals surface area (Å²) in [5.74, 6) is -0.126. The Morgan fingerprint density at radius 1 is 1.39 bits per heavy atom. The molecule has 0 amide bonds. The number of carbonyl (C=O) groups is 1. The number of aromatic hydroxyl groups is 1. The van der Waals surface area contributed by atoms with Crippen LogP contribution < -0.4 is 10.4 Å². The topological polar surface area (TPSA) is 76.7 Å². The zero-order valence-electron chi connectivity index (χ0n) is 10.2. The number of methoxy groups -OCH3 is 1. The van der Waals surface area contributed by atoms with Gasteiger partial charge in [0.25, 0.3) is 0 Å². The van der Waals surface area contributed by atoms with Gasteiger partial charge in [-0.1, -0.05) is 0 Å². The van der Waals surface area contributed by atoms with E-state index in [1.807, 2.05) is 0 Å². The van der Waals surface area contributed by atoms with Crippen LogP contribution in [0.4, 0.5) is 0 Å². The van der Waals surface area contributed by atoms with E-state index in [0.717, 1.165) is 0 Å². The van der Waals surface area contributed by atoms with Gasteiger partial charge in [-0.15, -0.1) is 0 Å². The van der Waals surface area contributed by atoms with E-state index < -0.39 is 11.4 Å². The van der Waals surface area contributed by atoms with Gasteiger partial charge in [-0.2, -0.15) is 0 Å². The molecule has 2 aromatic rings. The van der Waals surface area contributed by atoms with Crippen LogP contribution in [0.15, 0.2) is 21.3 Å². The Balaban J connectivity index is 3.01. The fraction of sp³-hybridized carbons (Fsp3) is 0.231. The molecule has 18 heavy (non-hydrogen) atoms. The fourth-order valence-corrected chi connectivity index (χ4v) is 1.94. The molecule has 0 spiro atoms. The summed E-state index contributed by atoms with van der Waals surface area (Å²) in [6.07, 6.45) is 0. The number of phenols is 1. The van der Waals surface area contributed by atoms with Crippen LogP contribution in [0.1, 0.15) is 23.0 Å². The largest absolute Gasteiger partial charge is 0.506 e. The summed E-state index contributed by atoms with van der Waals surface area (Å²) in [6, 6.07) is 3.14. The Hall–Kier alpha value is -2.30. The second-order valence-electron chi connectivity index (χ2n) is 3.97. The van der Waals surface area contributed by atoms with Gasteiger partial charge in [-0.05, 0) is 31.4 Å². The quantitative estimate of drug-likeness (QED) is 0.823. The SMILES string of the molecule is COc1cc2cc(C)oc(=O)c2c(O)c1C(C)=O. The Labute approximate surface area is 103 Å². The van der Waals surface area contributed by atoms with E-state index in [9.17, 15) is 14.7 Å². The molecule has 0 bridgehead atoms. The molecule has 0 saturated heterocycles. The minimum Gasteiger partial charge on any atom is -0.506 e. The molecule has 2 rings (SSSR count). The molecule has 0 fully saturated rings. The van der Waals surface area contributed by atoms with Crippen LogP contribution in [0.3, 0.4) is 0 Å². The van der Waals surface area contributed by atoms with Gasteiger partial charge in [-0.25, -0.2) is 4.79 Å². The lowest BCUT2D eigenvalue weighted by Gasteiger charge is -2.10. The minimum absolute atomic E-state index is 0.00778. The summed E-state index contributed by atoms with van der Waals surface area (Å²) in [5.41, 5.74) is -0.686. The van der Waals surface area contributed by atoms with Crippen molar-refractivity contribution in [2.75, 3.05) is 7.11 Å². The van der Waals surface area contributed by atoms with Crippen molar-refractivity contribution in [2.45, 2.75) is 13.8 Å². The molecule has 0 aliphatic heterocycles. The predicted molar refractivity (Wildman–Crippen MR) is 65.4 cm³/mol. The molecule has 94 valence electrons. The maximum absolute atomic E-state index is 11.7. The number of Topliss-reactive ketones (excluding diaryl/α,β-unsaturated/α-hetero) is 1. The number of ketones is 1. The number of hydrogen-bond acceptors (Lipinski definition) is 5. The number of fused-ring (bicyclic) bond motifs is 1. The average molecular weight is 248 g/mol. The van der Waals surface area contributed by atoms with Gasteiger partial charge in [0, 0.05) is 0 Å². The first-order valence-corrected chi connectivity index (χ1v) is 5.31. The van der Waals surface area contributed by atoms with E-state index in [1.54, 1.807) is 13.0 Å². The third kappa shape index (κ3) is 1.73. The molecule has 0 unspecified atom stereocenters. The molecular weight excluding hydrogens is 236 g/mol. The van der Waals surface area contributed by atoms with Crippen LogP contribution in [-0.4, -0.2) is 18.0 Å². The van der Waals surface area contributed by atoms with Gasteiger partial charge in [0.1, 0.15) is 28.2 Å². The zero-order chi connectivity index (χ0) is 13.4. The van der Waals surface area contributed by atoms with Crippen LogP contribution in [0.2, 0.25) is 0 Å². The van der Waals surface area contributed by atoms with E-state index in [-0.39, 0.29) is 22.5 Å². The summed E-state index contributed by atoms with van der Waals surface area (Å²) in [4.78, 5) is 23.2. The van der Waals surface area contributed by atoms with Crippen LogP contribution in [-0.2, 0) is 0 Å². The normalized spacial score (nSPS) is 10.6. The van der Waals surface area contributed by atoms with E-state index in [1.165, 1.54) is 20.1 Å². The summed E-state index contributed by atoms with van der Waals surface area (Å²) < 4.78 is 9.97. The summed E-state index contributed by atoms with van der Waals surface area (Å²) in [5, 5.41) is 10.5. The van der Waals surface area contributed by atoms with Crippen LogP contribution in [0.5, 0.6) is 11.5 Å². The summed E-state index contributed by atoms with van der Waals surface area (Å²) >= 11 is 0. The van der Waals surface area contributed by atoms with Gasteiger partial charge in [0.15, 0.2) is 5.78 Å². The smallest absolute Gasteiger partial charge is 0.347 e. The predicted octanol–water partition coefficient (Wildman–Crippen LogP) is 2.02. The van der Waals surface area contributed by atoms with Gasteiger partial charge < -0.3 is 14.3 Å². The fourth-order valence-electron chi connectivity index (χ4n) is 1.94. The molecule has 5 heteroatoms. The summed E-state index contributed by atoms with van der Waals surface area (Å²) in [7, 11) is 1.39. The Bertz CT molecular complexity index is 697. The summed E-state index contributed by atoms with van der Waals surface area (Å²) in [6.45, 7) is 2.92. The van der Waals surface area contributed by atoms with Gasteiger partial charge in [0.2, 0.25) is 0 Å². The van der Waals surface area contributed by atoms with Crippen molar-refractivity contribution in [3.63, 3.8) is 0 Å². The minimum atomic E-state index is -0.673. The number of hydrogen-bond donors (Lipinski definition) is 1. The molecule has 0 atom stereocenters. The lowest BCUT2D eigenvalue weighted by atomic mass is 10.0. The standard InChI is InChI=1S/C13H12O5/c1-6-4-8-5-9(17-3)10(7(2)14)12(15)11(8)13(16)18-6/h4-5,15H,1-3H3. The molecule has 5 nitrogen and oxygen atoms in total. The lowest BCUT2D eigenvalue weighted by molar-refractivity contribution is 0.101. The highest BCUT2D eigenvalue weighted by Crippen LogP contribution is 2.34. The molecule has 1 aromatic carbocycles. The van der Waals surface area contributed by atoms with E-state index in [4.69, 9.17) is 9.15 Å². The second-order valence-corrected chi connectivity index (χ2v) is 3.97. The third-order valence-corrected chi connectivity index (χ3v) is 2.68. The molecule has 0 radical (unpaired) electrons. The number of benzene rings is 1. The first-order chi connectivity index (χ1) is 8.45. The Kier molecular flexibility index (Phi) is 2.82. The van der Waals surface area contributed by atoms with E-state index >= 15 is 0 Å². The van der Waals surface area contributed by atoms with Crippen molar-refractivity contribution in [3.05, 3.63) is 33.9 Å². The van der Waals surface area contributed by atoms with Gasteiger partial charge in [0.05, 0.1) is 7.11 Å². The van der Waals surface area contributed by atoms with Gasteiger partial charge in [-0.3, -0.25) is 4.79 Å². The Morgan fingerprint density at radius 2 is 2.06 bits per heavy atom. The second kappa shape index (κ2) is 4.18. The molecule has 1 N–H and O–H groups in total. The number of phenolic OH excluding ortho intramolecular Hbond substituents is 1. The van der Waals surface area contributed by atoms with Crippen LogP contribution in [0, 0.1) is 6.92 Å². The highest BCUT2D eigenvalue weighted by molar-refractivity contribution is 6.06. The number of carbonyl (C=O) groups excluding carboxylic acids is 1. The molecule has 1 heterocycles. The van der Waals surface area contributed by atoms with Crippen molar-refractivity contribution in [1.82, 2.24) is 0 Å². The first-order valence-electron chi connectivity index (χ1n) is 5.31. The highest BCUT2D eigenvalue weighted by atomic mass is 16.5. The molecule has 0 saturated carbocycles. The van der Waals surface area contributed by atoms with Crippen molar-refractivity contribution in [2.24, 2.45) is 0 Å². The van der Waals surface area contributed by atoms with Crippen molar-refractivity contribution >= 4 is 16.6 Å². The Morgan fingerprint density at radius 3 is 2.61 bits per heavy atom.